The average Bonchev–Trinajstić information content (AvgIpc) is 3.84. The van der Waals surface area contributed by atoms with Crippen molar-refractivity contribution >= 4 is 28.2 Å². The van der Waals surface area contributed by atoms with Gasteiger partial charge in [-0.3, -0.25) is 0 Å². The highest BCUT2D eigenvalue weighted by atomic mass is 15.1. The molecule has 1 nitrogen and oxygen atoms in total. The van der Waals surface area contributed by atoms with Gasteiger partial charge < -0.3 is 4.90 Å². The molecule has 1 spiro atoms. The molecule has 7 aromatic rings. The molecule has 0 N–H and O–H groups in total. The predicted molar refractivity (Wildman–Crippen MR) is 207 cm³/mol. The van der Waals surface area contributed by atoms with Gasteiger partial charge in [-0.2, -0.15) is 0 Å². The molecule has 0 bridgehead atoms. The molecular formula is C49H35N. The lowest BCUT2D eigenvalue weighted by Crippen LogP contribution is -2.27. The molecule has 0 saturated carbocycles. The van der Waals surface area contributed by atoms with Crippen molar-refractivity contribution in [2.24, 2.45) is 0 Å². The second kappa shape index (κ2) is 9.83. The zero-order valence-electron chi connectivity index (χ0n) is 28.2. The maximum absolute atomic E-state index is 2.52. The van der Waals surface area contributed by atoms with Crippen molar-refractivity contribution in [1.29, 1.82) is 0 Å². The van der Waals surface area contributed by atoms with E-state index in [1.165, 1.54) is 89.3 Å². The van der Waals surface area contributed by atoms with Crippen LogP contribution in [0.2, 0.25) is 0 Å². The third kappa shape index (κ3) is 3.42. The Morgan fingerprint density at radius 1 is 0.400 bits per heavy atom. The maximum atomic E-state index is 2.52. The van der Waals surface area contributed by atoms with E-state index in [0.717, 1.165) is 12.1 Å². The van der Waals surface area contributed by atoms with Crippen molar-refractivity contribution in [3.05, 3.63) is 208 Å². The molecule has 0 saturated heterocycles. The van der Waals surface area contributed by atoms with Gasteiger partial charge >= 0.3 is 0 Å². The molecule has 0 unspecified atom stereocenters. The summed E-state index contributed by atoms with van der Waals surface area (Å²) in [6.45, 7) is 4.74. The second-order valence-electron chi connectivity index (χ2n) is 14.8. The Balaban J connectivity index is 1.17. The van der Waals surface area contributed by atoms with Gasteiger partial charge in [-0.05, 0) is 121 Å². The molecule has 0 radical (unpaired) electrons. The highest BCUT2D eigenvalue weighted by Crippen LogP contribution is 2.67. The molecule has 0 heterocycles. The van der Waals surface area contributed by atoms with Crippen LogP contribution in [-0.2, 0) is 17.3 Å². The molecular weight excluding hydrogens is 603 g/mol. The number of benzene rings is 7. The summed E-state index contributed by atoms with van der Waals surface area (Å²) in [4.78, 5) is 2.47. The predicted octanol–water partition coefficient (Wildman–Crippen LogP) is 12.3. The van der Waals surface area contributed by atoms with Crippen LogP contribution in [0.5, 0.6) is 0 Å². The molecule has 1 heteroatoms. The van der Waals surface area contributed by atoms with Crippen molar-refractivity contribution in [1.82, 2.24) is 0 Å². The number of hydrogen-bond donors (Lipinski definition) is 0. The Bertz CT molecular complexity index is 2560. The fraction of sp³-hybridized carbons (Fsp3) is 0.102. The summed E-state index contributed by atoms with van der Waals surface area (Å²) in [6.07, 6.45) is 0.965. The number of rotatable bonds is 3. The molecule has 7 aromatic carbocycles. The molecule has 0 aliphatic heterocycles. The zero-order valence-corrected chi connectivity index (χ0v) is 28.2. The van der Waals surface area contributed by atoms with Gasteiger partial charge in [0.1, 0.15) is 0 Å². The number of hydrogen-bond acceptors (Lipinski definition) is 1. The average molecular weight is 638 g/mol. The lowest BCUT2D eigenvalue weighted by Gasteiger charge is -2.34. The zero-order chi connectivity index (χ0) is 33.2. The summed E-state index contributed by atoms with van der Waals surface area (Å²) < 4.78 is 0. The van der Waals surface area contributed by atoms with Crippen LogP contribution in [0, 0.1) is 0 Å². The second-order valence-corrected chi connectivity index (χ2v) is 14.8. The van der Waals surface area contributed by atoms with Crippen molar-refractivity contribution in [3.63, 3.8) is 0 Å². The van der Waals surface area contributed by atoms with Gasteiger partial charge in [0.15, 0.2) is 0 Å². The first-order chi connectivity index (χ1) is 24.6. The first kappa shape index (κ1) is 28.0. The van der Waals surface area contributed by atoms with Gasteiger partial charge in [0, 0.05) is 22.5 Å². The van der Waals surface area contributed by atoms with Crippen molar-refractivity contribution in [2.75, 3.05) is 4.90 Å². The third-order valence-corrected chi connectivity index (χ3v) is 12.1. The first-order valence-electron chi connectivity index (χ1n) is 17.8. The van der Waals surface area contributed by atoms with Gasteiger partial charge in [0.25, 0.3) is 0 Å². The summed E-state index contributed by atoms with van der Waals surface area (Å²) in [6, 6.07) is 61.6. The van der Waals surface area contributed by atoms with E-state index in [1.807, 2.05) is 0 Å². The standard InChI is InChI=1S/C49H35N/c1-48(2)42-21-11-8-18-36(42)39-26-24-33(29-45(39)48)50(32-15-4-3-5-16-32)34-25-27-40-41-28-31-14-6-7-17-35(31)47(41)49(46(40)30-34)43-22-12-9-19-37(43)38-20-10-13-23-44(38)49/h3-27,29-30H,28H2,1-2H3. The van der Waals surface area contributed by atoms with Gasteiger partial charge in [0.2, 0.25) is 0 Å². The number of nitrogens with zero attached hydrogens (tertiary/aromatic N) is 1. The van der Waals surface area contributed by atoms with E-state index in [4.69, 9.17) is 0 Å². The summed E-state index contributed by atoms with van der Waals surface area (Å²) in [7, 11) is 0. The number of allylic oxidation sites excluding steroid dienone is 2. The van der Waals surface area contributed by atoms with E-state index in [1.54, 1.807) is 0 Å². The normalized spacial score (nSPS) is 16.0. The summed E-state index contributed by atoms with van der Waals surface area (Å²) in [5, 5.41) is 0. The van der Waals surface area contributed by atoms with E-state index < -0.39 is 0 Å². The quantitative estimate of drug-likeness (QED) is 0.186. The van der Waals surface area contributed by atoms with Gasteiger partial charge in [-0.15, -0.1) is 0 Å². The molecule has 4 aliphatic rings. The van der Waals surface area contributed by atoms with Crippen molar-refractivity contribution < 1.29 is 0 Å². The Morgan fingerprint density at radius 2 is 0.900 bits per heavy atom. The SMILES string of the molecule is CC1(C)c2ccccc2-c2ccc(N(c3ccccc3)c3ccc4c(c3)C3(C5=C4Cc4ccccc45)c4ccccc4-c4ccccc43)cc21. The maximum Gasteiger partial charge on any atom is 0.0729 e. The number of anilines is 3. The summed E-state index contributed by atoms with van der Waals surface area (Å²) in [5.74, 6) is 0. The van der Waals surface area contributed by atoms with E-state index >= 15 is 0 Å². The van der Waals surface area contributed by atoms with E-state index in [2.05, 4.69) is 183 Å². The molecule has 11 rings (SSSR count). The topological polar surface area (TPSA) is 3.24 Å². The van der Waals surface area contributed by atoms with E-state index in [0.29, 0.717) is 0 Å². The monoisotopic (exact) mass is 637 g/mol. The lowest BCUT2D eigenvalue weighted by molar-refractivity contribution is 0.660. The minimum absolute atomic E-state index is 0.0817. The fourth-order valence-electron chi connectivity index (χ4n) is 10.0. The van der Waals surface area contributed by atoms with Crippen LogP contribution in [0.3, 0.4) is 0 Å². The van der Waals surface area contributed by atoms with Crippen LogP contribution >= 0.6 is 0 Å². The van der Waals surface area contributed by atoms with Crippen LogP contribution in [-0.4, -0.2) is 0 Å². The minimum atomic E-state index is -0.385. The lowest BCUT2D eigenvalue weighted by atomic mass is 9.68. The van der Waals surface area contributed by atoms with Crippen LogP contribution in [0.25, 0.3) is 33.4 Å². The van der Waals surface area contributed by atoms with Crippen LogP contribution < -0.4 is 4.90 Å². The molecule has 0 aromatic heterocycles. The minimum Gasteiger partial charge on any atom is -0.310 e. The molecule has 50 heavy (non-hydrogen) atoms. The van der Waals surface area contributed by atoms with Crippen molar-refractivity contribution in [2.45, 2.75) is 31.1 Å². The molecule has 0 amide bonds. The molecule has 236 valence electrons. The highest BCUT2D eigenvalue weighted by Gasteiger charge is 2.55. The van der Waals surface area contributed by atoms with Gasteiger partial charge in [-0.1, -0.05) is 141 Å². The number of para-hydroxylation sites is 1. The third-order valence-electron chi connectivity index (χ3n) is 12.1. The van der Waals surface area contributed by atoms with Gasteiger partial charge in [-0.25, -0.2) is 0 Å². The van der Waals surface area contributed by atoms with Crippen LogP contribution in [0.4, 0.5) is 17.1 Å². The Kier molecular flexibility index (Phi) is 5.50. The summed E-state index contributed by atoms with van der Waals surface area (Å²) in [5.41, 5.74) is 22.5. The Morgan fingerprint density at radius 3 is 1.58 bits per heavy atom. The molecule has 0 atom stereocenters. The Hall–Kier alpha value is -5.92. The van der Waals surface area contributed by atoms with Crippen LogP contribution in [0.15, 0.2) is 164 Å². The smallest absolute Gasteiger partial charge is 0.0729 e. The van der Waals surface area contributed by atoms with Crippen LogP contribution in [0.1, 0.15) is 58.4 Å². The molecule has 4 aliphatic carbocycles. The largest absolute Gasteiger partial charge is 0.310 e. The molecule has 0 fully saturated rings. The Labute approximate surface area is 293 Å². The highest BCUT2D eigenvalue weighted by molar-refractivity contribution is 6.13. The summed E-state index contributed by atoms with van der Waals surface area (Å²) >= 11 is 0. The van der Waals surface area contributed by atoms with E-state index in [9.17, 15) is 0 Å². The fourth-order valence-corrected chi connectivity index (χ4v) is 10.0. The first-order valence-corrected chi connectivity index (χ1v) is 17.8. The number of fused-ring (bicyclic) bond motifs is 14. The van der Waals surface area contributed by atoms with Crippen molar-refractivity contribution in [3.8, 4) is 22.3 Å². The van der Waals surface area contributed by atoms with Gasteiger partial charge in [0.05, 0.1) is 5.41 Å². The van der Waals surface area contributed by atoms with E-state index in [-0.39, 0.29) is 10.8 Å².